The molecule has 26 heavy (non-hydrogen) atoms. The molecule has 2 aliphatic rings. The molecule has 3 atom stereocenters. The van der Waals surface area contributed by atoms with Crippen molar-refractivity contribution in [2.45, 2.75) is 32.0 Å². The fourth-order valence-electron chi connectivity index (χ4n) is 4.09. The topological polar surface area (TPSA) is 51.4 Å². The third-order valence-electron chi connectivity index (χ3n) is 5.36. The second-order valence-corrected chi connectivity index (χ2v) is 6.98. The van der Waals surface area contributed by atoms with E-state index in [0.29, 0.717) is 6.04 Å². The van der Waals surface area contributed by atoms with Gasteiger partial charge in [0, 0.05) is 29.8 Å². The molecule has 130 valence electrons. The number of rotatable bonds is 5. The minimum absolute atomic E-state index is 0.131. The van der Waals surface area contributed by atoms with Gasteiger partial charge in [-0.05, 0) is 31.0 Å². The summed E-state index contributed by atoms with van der Waals surface area (Å²) in [5.41, 5.74) is 7.35. The van der Waals surface area contributed by atoms with E-state index in [-0.39, 0.29) is 12.0 Å². The number of nitrogens with zero attached hydrogens (tertiary/aromatic N) is 3. The zero-order valence-corrected chi connectivity index (χ0v) is 14.8. The molecule has 1 N–H and O–H groups in total. The van der Waals surface area contributed by atoms with E-state index >= 15 is 0 Å². The molecule has 1 fully saturated rings. The van der Waals surface area contributed by atoms with Crippen LogP contribution in [0.25, 0.3) is 0 Å². The van der Waals surface area contributed by atoms with Crippen LogP contribution >= 0.6 is 0 Å². The lowest BCUT2D eigenvalue weighted by Gasteiger charge is -2.25. The molecule has 2 aliphatic heterocycles. The van der Waals surface area contributed by atoms with Crippen molar-refractivity contribution >= 4 is 11.4 Å². The van der Waals surface area contributed by atoms with Crippen molar-refractivity contribution in [2.75, 3.05) is 5.43 Å². The largest absolute Gasteiger partial charge is 0.284 e. The number of nitrogens with one attached hydrogen (secondary N) is 1. The van der Waals surface area contributed by atoms with E-state index in [1.807, 2.05) is 36.4 Å². The van der Waals surface area contributed by atoms with Gasteiger partial charge in [0.15, 0.2) is 0 Å². The molecule has 0 radical (unpaired) electrons. The monoisotopic (exact) mass is 342 g/mol. The van der Waals surface area contributed by atoms with E-state index in [4.69, 9.17) is 0 Å². The minimum Gasteiger partial charge on any atom is -0.284 e. The van der Waals surface area contributed by atoms with Crippen molar-refractivity contribution in [3.05, 3.63) is 77.9 Å². The summed E-state index contributed by atoms with van der Waals surface area (Å²) in [6, 6.07) is 23.3. The zero-order valence-electron chi connectivity index (χ0n) is 14.8. The fraction of sp³-hybridized carbons (Fsp3) is 0.273. The lowest BCUT2D eigenvalue weighted by atomic mass is 9.86. The Morgan fingerprint density at radius 1 is 1.15 bits per heavy atom. The maximum absolute atomic E-state index is 9.58. The average Bonchev–Trinajstić information content (AvgIpc) is 3.21. The number of nitriles is 1. The van der Waals surface area contributed by atoms with Gasteiger partial charge in [-0.3, -0.25) is 10.3 Å². The molecule has 4 heteroatoms. The number of para-hydroxylation sites is 1. The number of hydrazone groups is 1. The van der Waals surface area contributed by atoms with Crippen molar-refractivity contribution in [1.82, 2.24) is 4.90 Å². The first kappa shape index (κ1) is 16.6. The molecule has 2 heterocycles. The Hall–Kier alpha value is -2.90. The number of anilines is 1. The molecule has 0 amide bonds. The van der Waals surface area contributed by atoms with Crippen molar-refractivity contribution < 1.29 is 0 Å². The van der Waals surface area contributed by atoms with E-state index in [2.05, 4.69) is 58.8 Å². The molecule has 0 spiro atoms. The van der Waals surface area contributed by atoms with Gasteiger partial charge in [0.2, 0.25) is 0 Å². The highest BCUT2D eigenvalue weighted by molar-refractivity contribution is 5.87. The van der Waals surface area contributed by atoms with Gasteiger partial charge in [-0.2, -0.15) is 10.4 Å². The van der Waals surface area contributed by atoms with E-state index in [1.165, 1.54) is 5.56 Å². The number of hydrogen-bond acceptors (Lipinski definition) is 4. The number of hydrogen-bond donors (Lipinski definition) is 1. The second-order valence-electron chi connectivity index (χ2n) is 6.98. The van der Waals surface area contributed by atoms with Crippen LogP contribution in [0.1, 0.15) is 18.9 Å². The highest BCUT2D eigenvalue weighted by Gasteiger charge is 2.48. The summed E-state index contributed by atoms with van der Waals surface area (Å²) in [7, 11) is 0. The van der Waals surface area contributed by atoms with Gasteiger partial charge in [0.25, 0.3) is 0 Å². The Kier molecular flexibility index (Phi) is 4.55. The van der Waals surface area contributed by atoms with E-state index in [1.54, 1.807) is 0 Å². The Balaban J connectivity index is 1.52. The normalized spacial score (nSPS) is 25.0. The van der Waals surface area contributed by atoms with E-state index in [0.717, 1.165) is 29.9 Å². The van der Waals surface area contributed by atoms with Crippen molar-refractivity contribution in [1.29, 1.82) is 5.26 Å². The summed E-state index contributed by atoms with van der Waals surface area (Å²) in [4.78, 5) is 2.44. The van der Waals surface area contributed by atoms with Crippen molar-refractivity contribution in [3.8, 4) is 6.07 Å². The SMILES string of the molecule is C/C(=N/Nc1ccccc1)[C@@H]1C[C@@H]2C=C(C#N)[C@@H]1N2Cc1ccccc1. The highest BCUT2D eigenvalue weighted by Crippen LogP contribution is 2.42. The molecular weight excluding hydrogens is 320 g/mol. The molecule has 0 aliphatic carbocycles. The molecule has 4 nitrogen and oxygen atoms in total. The molecule has 0 saturated carbocycles. The van der Waals surface area contributed by atoms with Gasteiger partial charge in [0.1, 0.15) is 0 Å². The lowest BCUT2D eigenvalue weighted by molar-refractivity contribution is 0.250. The zero-order chi connectivity index (χ0) is 17.9. The molecule has 0 aromatic heterocycles. The van der Waals surface area contributed by atoms with Gasteiger partial charge in [-0.25, -0.2) is 0 Å². The van der Waals surface area contributed by atoms with Crippen LogP contribution in [0.4, 0.5) is 5.69 Å². The first-order valence-corrected chi connectivity index (χ1v) is 9.03. The number of fused-ring (bicyclic) bond motifs is 2. The van der Waals surface area contributed by atoms with Gasteiger partial charge < -0.3 is 0 Å². The summed E-state index contributed by atoms with van der Waals surface area (Å²) in [5.74, 6) is 0.277. The summed E-state index contributed by atoms with van der Waals surface area (Å²) in [6.07, 6.45) is 3.16. The fourth-order valence-corrected chi connectivity index (χ4v) is 4.09. The summed E-state index contributed by atoms with van der Waals surface area (Å²) >= 11 is 0. The Bertz CT molecular complexity index is 864. The molecule has 1 saturated heterocycles. The lowest BCUT2D eigenvalue weighted by Crippen LogP contribution is -2.34. The highest BCUT2D eigenvalue weighted by atomic mass is 15.3. The first-order chi connectivity index (χ1) is 12.8. The Morgan fingerprint density at radius 3 is 2.54 bits per heavy atom. The maximum Gasteiger partial charge on any atom is 0.0961 e. The van der Waals surface area contributed by atoms with Crippen LogP contribution < -0.4 is 5.43 Å². The quantitative estimate of drug-likeness (QED) is 0.654. The Labute approximate surface area is 154 Å². The van der Waals surface area contributed by atoms with Gasteiger partial charge in [0.05, 0.1) is 17.8 Å². The van der Waals surface area contributed by atoms with Crippen LogP contribution in [0.15, 0.2) is 77.4 Å². The molecule has 2 aromatic rings. The molecule has 0 unspecified atom stereocenters. The standard InChI is InChI=1S/C22H22N4/c1-16(24-25-19-10-6-3-7-11-19)21-13-20-12-18(14-23)22(21)26(20)15-17-8-4-2-5-9-17/h2-12,20-22,25H,13,15H2,1H3/b24-16-/t20-,21-,22-/m0/s1. The first-order valence-electron chi connectivity index (χ1n) is 9.03. The van der Waals surface area contributed by atoms with Crippen LogP contribution in [0, 0.1) is 17.2 Å². The third-order valence-corrected chi connectivity index (χ3v) is 5.36. The van der Waals surface area contributed by atoms with Crippen LogP contribution in [0.5, 0.6) is 0 Å². The average molecular weight is 342 g/mol. The second kappa shape index (κ2) is 7.15. The number of benzene rings is 2. The molecular formula is C22H22N4. The smallest absolute Gasteiger partial charge is 0.0961 e. The van der Waals surface area contributed by atoms with Crippen molar-refractivity contribution in [3.63, 3.8) is 0 Å². The van der Waals surface area contributed by atoms with Crippen LogP contribution in [-0.2, 0) is 6.54 Å². The summed E-state index contributed by atoms with van der Waals surface area (Å²) in [6.45, 7) is 2.94. The molecule has 4 rings (SSSR count). The third kappa shape index (κ3) is 3.14. The van der Waals surface area contributed by atoms with Crippen LogP contribution in [0.3, 0.4) is 0 Å². The predicted octanol–water partition coefficient (Wildman–Crippen LogP) is 4.20. The van der Waals surface area contributed by atoms with Crippen LogP contribution in [-0.4, -0.2) is 22.7 Å². The van der Waals surface area contributed by atoms with Crippen LogP contribution in [0.2, 0.25) is 0 Å². The predicted molar refractivity (Wildman–Crippen MR) is 105 cm³/mol. The molecule has 2 bridgehead atoms. The summed E-state index contributed by atoms with van der Waals surface area (Å²) < 4.78 is 0. The summed E-state index contributed by atoms with van der Waals surface area (Å²) in [5, 5.41) is 14.2. The van der Waals surface area contributed by atoms with Gasteiger partial charge >= 0.3 is 0 Å². The van der Waals surface area contributed by atoms with Crippen molar-refractivity contribution in [2.24, 2.45) is 11.0 Å². The Morgan fingerprint density at radius 2 is 1.85 bits per heavy atom. The minimum atomic E-state index is 0.131. The van der Waals surface area contributed by atoms with Gasteiger partial charge in [-0.1, -0.05) is 54.6 Å². The molecule has 2 aromatic carbocycles. The van der Waals surface area contributed by atoms with Gasteiger partial charge in [-0.15, -0.1) is 0 Å². The maximum atomic E-state index is 9.58. The van der Waals surface area contributed by atoms with E-state index in [9.17, 15) is 5.26 Å². The van der Waals surface area contributed by atoms with E-state index < -0.39 is 0 Å².